The van der Waals surface area contributed by atoms with Gasteiger partial charge in [-0.15, -0.1) is 0 Å². The van der Waals surface area contributed by atoms with E-state index in [1.807, 2.05) is 33.3 Å². The van der Waals surface area contributed by atoms with Crippen molar-refractivity contribution >= 4 is 19.7 Å². The Morgan fingerprint density at radius 2 is 0.853 bits per heavy atom. The third-order valence-corrected chi connectivity index (χ3v) is 14.3. The highest BCUT2D eigenvalue weighted by atomic mass is 31.2. The Labute approximate surface area is 463 Å². The van der Waals surface area contributed by atoms with E-state index in [1.165, 1.54) is 128 Å². The van der Waals surface area contributed by atoms with Crippen molar-refractivity contribution in [2.75, 3.05) is 40.9 Å². The number of nitrogens with one attached hydrogen (secondary N) is 1. The molecule has 75 heavy (non-hydrogen) atoms. The molecule has 1 amide bonds. The molecule has 10 heteroatoms. The van der Waals surface area contributed by atoms with Gasteiger partial charge < -0.3 is 19.4 Å². The van der Waals surface area contributed by atoms with E-state index in [1.54, 1.807) is 0 Å². The van der Waals surface area contributed by atoms with E-state index in [9.17, 15) is 19.0 Å². The summed E-state index contributed by atoms with van der Waals surface area (Å²) in [5.41, 5.74) is 0. The molecule has 0 aliphatic rings. The predicted molar refractivity (Wildman–Crippen MR) is 323 cm³/mol. The molecular weight excluding hydrogens is 952 g/mol. The van der Waals surface area contributed by atoms with Gasteiger partial charge in [-0.1, -0.05) is 235 Å². The Bertz CT molecular complexity index is 1560. The normalized spacial score (nSPS) is 14.3. The third-order valence-electron chi connectivity index (χ3n) is 13.3. The number of nitrogens with zero attached hydrogens (tertiary/aromatic N) is 1. The molecule has 9 nitrogen and oxygen atoms in total. The summed E-state index contributed by atoms with van der Waals surface area (Å²) in [6, 6.07) is -0.865. The Morgan fingerprint density at radius 1 is 0.480 bits per heavy atom. The molecule has 0 bridgehead atoms. The van der Waals surface area contributed by atoms with Gasteiger partial charge in [-0.2, -0.15) is 0 Å². The molecule has 3 atom stereocenters. The second-order valence-electron chi connectivity index (χ2n) is 21.8. The van der Waals surface area contributed by atoms with Gasteiger partial charge >= 0.3 is 13.8 Å². The minimum absolute atomic E-state index is 0.0318. The summed E-state index contributed by atoms with van der Waals surface area (Å²) in [5, 5.41) is 3.04. The van der Waals surface area contributed by atoms with E-state index in [2.05, 4.69) is 99.0 Å². The molecule has 0 aromatic heterocycles. The summed E-state index contributed by atoms with van der Waals surface area (Å²) in [5.74, 6) is -0.536. The Kier molecular flexibility index (Phi) is 52.5. The molecule has 434 valence electrons. The number of hydrogen-bond acceptors (Lipinski definition) is 6. The molecule has 0 spiro atoms. The number of phosphoric ester groups is 1. The molecule has 0 radical (unpaired) electrons. The zero-order chi connectivity index (χ0) is 55.0. The molecule has 0 rings (SSSR count). The Hall–Kier alpha value is -2.81. The fourth-order valence-corrected chi connectivity index (χ4v) is 9.29. The molecule has 0 aromatic carbocycles. The monoisotopic (exact) mass is 1070 g/mol. The van der Waals surface area contributed by atoms with Crippen LogP contribution in [0.5, 0.6) is 0 Å². The minimum atomic E-state index is -4.46. The van der Waals surface area contributed by atoms with E-state index in [0.29, 0.717) is 17.4 Å². The number of phosphoric acid groups is 1. The predicted octanol–water partition coefficient (Wildman–Crippen LogP) is 19.0. The van der Waals surface area contributed by atoms with Gasteiger partial charge in [0.1, 0.15) is 19.3 Å². The first kappa shape index (κ1) is 72.2. The summed E-state index contributed by atoms with van der Waals surface area (Å²) in [7, 11) is 1.47. The topological polar surface area (TPSA) is 111 Å². The molecule has 3 unspecified atom stereocenters. The van der Waals surface area contributed by atoms with Crippen LogP contribution in [-0.2, 0) is 27.9 Å². The number of carbonyl (C=O) groups excluding carboxylic acids is 2. The highest BCUT2D eigenvalue weighted by Crippen LogP contribution is 2.43. The van der Waals surface area contributed by atoms with Gasteiger partial charge in [-0.3, -0.25) is 18.6 Å². The van der Waals surface area contributed by atoms with Crippen LogP contribution in [0.25, 0.3) is 0 Å². The highest BCUT2D eigenvalue weighted by Gasteiger charge is 2.30. The molecule has 0 aromatic rings. The van der Waals surface area contributed by atoms with Crippen molar-refractivity contribution < 1.29 is 37.3 Å². The number of esters is 1. The van der Waals surface area contributed by atoms with Crippen LogP contribution in [0.15, 0.2) is 85.1 Å². The van der Waals surface area contributed by atoms with Crippen molar-refractivity contribution in [1.82, 2.24) is 5.32 Å². The van der Waals surface area contributed by atoms with Gasteiger partial charge in [0.15, 0.2) is 0 Å². The number of allylic oxidation sites excluding steroid dienone is 13. The second kappa shape index (κ2) is 54.5. The first-order chi connectivity index (χ1) is 36.4. The molecule has 0 heterocycles. The number of ether oxygens (including phenoxy) is 1. The smallest absolute Gasteiger partial charge is 0.456 e. The SMILES string of the molecule is CC/C=C/C/C=C/C/C=C/CCCCCCC(=O)NC(COP(=O)(O)OCC[N+](C)(C)C)C(/C=C\CCCCCCCCCCCC)OC(=O)CCCCCCCCCCCC/C=C\C/C=C\C/C=C\CCCCC. The maximum Gasteiger partial charge on any atom is 0.472 e. The molecule has 0 saturated heterocycles. The Morgan fingerprint density at radius 3 is 1.31 bits per heavy atom. The average molecular weight is 1070 g/mol. The standard InChI is InChI=1S/C65H117N2O7P/c1-7-10-13-16-19-22-25-28-30-31-32-33-34-35-36-37-38-40-43-46-49-52-55-58-65(69)74-63(56-53-50-47-44-41-27-24-21-18-15-12-9-3)62(61-73-75(70,71)72-60-59-67(4,5)6)66-64(68)57-54-51-48-45-42-39-29-26-23-20-17-14-11-8-2/h11,14,19-20,22-23,28-30,32-33,39,53,56,62-63H,7-10,12-13,15-18,21,24-27,31,34-38,40-52,54-55,57-61H2,1-6H3,(H-,66,68,70,71)/p+1/b14-11+,22-19-,23-20+,30-28-,33-32-,39-29+,56-53-. The lowest BCUT2D eigenvalue weighted by Crippen LogP contribution is -2.47. The van der Waals surface area contributed by atoms with Crippen LogP contribution in [0.2, 0.25) is 0 Å². The average Bonchev–Trinajstić information content (AvgIpc) is 3.37. The summed E-state index contributed by atoms with van der Waals surface area (Å²) in [6.07, 6.45) is 71.5. The lowest BCUT2D eigenvalue weighted by atomic mass is 10.0. The van der Waals surface area contributed by atoms with E-state index in [-0.39, 0.29) is 31.5 Å². The quantitative estimate of drug-likeness (QED) is 0.0205. The zero-order valence-corrected chi connectivity index (χ0v) is 50.4. The highest BCUT2D eigenvalue weighted by molar-refractivity contribution is 7.47. The van der Waals surface area contributed by atoms with Crippen LogP contribution >= 0.6 is 7.82 Å². The van der Waals surface area contributed by atoms with Gasteiger partial charge in [0.25, 0.3) is 0 Å². The van der Waals surface area contributed by atoms with Gasteiger partial charge in [0.05, 0.1) is 33.8 Å². The van der Waals surface area contributed by atoms with Crippen molar-refractivity contribution in [2.45, 2.75) is 277 Å². The van der Waals surface area contributed by atoms with Crippen LogP contribution in [0, 0.1) is 0 Å². The van der Waals surface area contributed by atoms with E-state index >= 15 is 0 Å². The number of carbonyl (C=O) groups is 2. The molecule has 2 N–H and O–H groups in total. The van der Waals surface area contributed by atoms with E-state index in [4.69, 9.17) is 13.8 Å². The summed E-state index contributed by atoms with van der Waals surface area (Å²) < 4.78 is 30.7. The number of likely N-dealkylation sites (N-methyl/N-ethyl adjacent to an activating group) is 1. The first-order valence-corrected chi connectivity index (χ1v) is 32.4. The third kappa shape index (κ3) is 55.7. The number of unbranched alkanes of at least 4 members (excludes halogenated alkanes) is 27. The van der Waals surface area contributed by atoms with Crippen molar-refractivity contribution in [3.05, 3.63) is 85.1 Å². The van der Waals surface area contributed by atoms with E-state index < -0.39 is 20.0 Å². The lowest BCUT2D eigenvalue weighted by molar-refractivity contribution is -0.870. The van der Waals surface area contributed by atoms with E-state index in [0.717, 1.165) is 103 Å². The number of rotatable bonds is 55. The van der Waals surface area contributed by atoms with Crippen LogP contribution in [0.1, 0.15) is 265 Å². The van der Waals surface area contributed by atoms with Crippen LogP contribution in [0.4, 0.5) is 0 Å². The lowest BCUT2D eigenvalue weighted by Gasteiger charge is -2.27. The van der Waals surface area contributed by atoms with Crippen LogP contribution in [0.3, 0.4) is 0 Å². The number of quaternary nitrogens is 1. The molecule has 0 aliphatic carbocycles. The Balaban J connectivity index is 5.22. The first-order valence-electron chi connectivity index (χ1n) is 30.9. The van der Waals surface area contributed by atoms with Gasteiger partial charge in [0, 0.05) is 12.8 Å². The maximum absolute atomic E-state index is 13.5. The fraction of sp³-hybridized carbons (Fsp3) is 0.754. The van der Waals surface area contributed by atoms with Gasteiger partial charge in [-0.25, -0.2) is 4.57 Å². The molecular formula is C65H118N2O7P+. The number of hydrogen-bond donors (Lipinski definition) is 2. The van der Waals surface area contributed by atoms with Crippen molar-refractivity contribution in [1.29, 1.82) is 0 Å². The summed E-state index contributed by atoms with van der Waals surface area (Å²) in [4.78, 5) is 37.7. The van der Waals surface area contributed by atoms with Crippen LogP contribution in [-0.4, -0.2) is 74.3 Å². The fourth-order valence-electron chi connectivity index (χ4n) is 8.55. The minimum Gasteiger partial charge on any atom is -0.456 e. The van der Waals surface area contributed by atoms with Crippen LogP contribution < -0.4 is 5.32 Å². The largest absolute Gasteiger partial charge is 0.472 e. The summed E-state index contributed by atoms with van der Waals surface area (Å²) in [6.45, 7) is 6.85. The molecule has 0 saturated carbocycles. The summed E-state index contributed by atoms with van der Waals surface area (Å²) >= 11 is 0. The van der Waals surface area contributed by atoms with Gasteiger partial charge in [0.2, 0.25) is 5.91 Å². The van der Waals surface area contributed by atoms with Crippen molar-refractivity contribution in [3.8, 4) is 0 Å². The number of amides is 1. The second-order valence-corrected chi connectivity index (χ2v) is 23.3. The molecule has 0 fully saturated rings. The van der Waals surface area contributed by atoms with Crippen molar-refractivity contribution in [2.24, 2.45) is 0 Å². The van der Waals surface area contributed by atoms with Gasteiger partial charge in [-0.05, 0) is 102 Å². The maximum atomic E-state index is 13.5. The molecule has 0 aliphatic heterocycles. The van der Waals surface area contributed by atoms with Crippen molar-refractivity contribution in [3.63, 3.8) is 0 Å². The zero-order valence-electron chi connectivity index (χ0n) is 49.5.